The molecule has 0 fully saturated rings. The molecule has 0 saturated heterocycles. The summed E-state index contributed by atoms with van der Waals surface area (Å²) in [6.07, 6.45) is 2.07. The minimum atomic E-state index is 0. The lowest BCUT2D eigenvalue weighted by Crippen LogP contribution is -1.90. The van der Waals surface area contributed by atoms with Crippen molar-refractivity contribution in [3.8, 4) is 5.75 Å². The fraction of sp³-hybridized carbons (Fsp3) is 0.143. The topological polar surface area (TPSA) is 20.2 Å². The Morgan fingerprint density at radius 2 is 1.27 bits per heavy atom. The van der Waals surface area contributed by atoms with Crippen LogP contribution in [0.4, 0.5) is 0 Å². The lowest BCUT2D eigenvalue weighted by atomic mass is 10.0. The van der Waals surface area contributed by atoms with Crippen molar-refractivity contribution in [2.75, 3.05) is 0 Å². The molecule has 0 atom stereocenters. The summed E-state index contributed by atoms with van der Waals surface area (Å²) in [5.74, 6) is 0.332. The Labute approximate surface area is 91.5 Å². The van der Waals surface area contributed by atoms with E-state index in [0.717, 1.165) is 12.8 Å². The highest BCUT2D eigenvalue weighted by atomic mass is 16.3. The number of rotatable bonds is 3. The molecule has 0 saturated carbocycles. The fourth-order valence-corrected chi connectivity index (χ4v) is 1.60. The third kappa shape index (κ3) is 2.84. The zero-order chi connectivity index (χ0) is 10.5. The Balaban J connectivity index is 0.00000128. The Morgan fingerprint density at radius 1 is 0.733 bits per heavy atom. The van der Waals surface area contributed by atoms with Gasteiger partial charge in [-0.25, -0.2) is 0 Å². The van der Waals surface area contributed by atoms with Gasteiger partial charge in [0.25, 0.3) is 0 Å². The van der Waals surface area contributed by atoms with Crippen LogP contribution < -0.4 is 0 Å². The summed E-state index contributed by atoms with van der Waals surface area (Å²) in [6.45, 7) is 0. The molecule has 0 heterocycles. The highest BCUT2D eigenvalue weighted by Crippen LogP contribution is 2.12. The Hall–Kier alpha value is -1.76. The van der Waals surface area contributed by atoms with Gasteiger partial charge < -0.3 is 5.11 Å². The second-order valence-corrected chi connectivity index (χ2v) is 3.65. The number of aryl methyl sites for hydroxylation is 2. The molecule has 2 aromatic carbocycles. The molecular weight excluding hydrogens is 184 g/mol. The maximum absolute atomic E-state index is 9.14. The molecule has 0 aliphatic carbocycles. The molecule has 0 unspecified atom stereocenters. The van der Waals surface area contributed by atoms with Crippen LogP contribution >= 0.6 is 0 Å². The largest absolute Gasteiger partial charge is 1.00 e. The van der Waals surface area contributed by atoms with Gasteiger partial charge >= 0.3 is 1.43 Å². The van der Waals surface area contributed by atoms with Gasteiger partial charge in [-0.3, -0.25) is 0 Å². The van der Waals surface area contributed by atoms with Crippen molar-refractivity contribution < 1.29 is 6.53 Å². The van der Waals surface area contributed by atoms with E-state index in [9.17, 15) is 0 Å². The maximum Gasteiger partial charge on any atom is 1.00 e. The molecule has 1 nitrogen and oxygen atoms in total. The third-order valence-electron chi connectivity index (χ3n) is 2.48. The Morgan fingerprint density at radius 3 is 1.87 bits per heavy atom. The van der Waals surface area contributed by atoms with Gasteiger partial charge in [0.2, 0.25) is 0 Å². The average Bonchev–Trinajstić information content (AvgIpc) is 2.30. The predicted molar refractivity (Wildman–Crippen MR) is 63.1 cm³/mol. The number of phenols is 1. The summed E-state index contributed by atoms with van der Waals surface area (Å²) in [6, 6.07) is 17.8. The molecule has 15 heavy (non-hydrogen) atoms. The summed E-state index contributed by atoms with van der Waals surface area (Å²) in [7, 11) is 0. The lowest BCUT2D eigenvalue weighted by Gasteiger charge is -2.01. The van der Waals surface area contributed by atoms with Crippen molar-refractivity contribution in [1.29, 1.82) is 0 Å². The van der Waals surface area contributed by atoms with Crippen LogP contribution in [-0.4, -0.2) is 5.11 Å². The van der Waals surface area contributed by atoms with Gasteiger partial charge in [0, 0.05) is 0 Å². The zero-order valence-corrected chi connectivity index (χ0v) is 8.56. The zero-order valence-electron chi connectivity index (χ0n) is 9.56. The smallest absolute Gasteiger partial charge is 0.508 e. The molecule has 1 heteroatoms. The first-order valence-corrected chi connectivity index (χ1v) is 5.16. The molecular formula is C14H15O+. The van der Waals surface area contributed by atoms with E-state index in [1.54, 1.807) is 12.1 Å². The van der Waals surface area contributed by atoms with Crippen molar-refractivity contribution in [3.05, 3.63) is 65.7 Å². The summed E-state index contributed by atoms with van der Waals surface area (Å²) in [4.78, 5) is 0. The number of hydrogen-bond donors (Lipinski definition) is 1. The van der Waals surface area contributed by atoms with E-state index in [0.29, 0.717) is 5.75 Å². The summed E-state index contributed by atoms with van der Waals surface area (Å²) >= 11 is 0. The summed E-state index contributed by atoms with van der Waals surface area (Å²) < 4.78 is 0. The Kier molecular flexibility index (Phi) is 3.03. The van der Waals surface area contributed by atoms with Crippen molar-refractivity contribution in [2.24, 2.45) is 0 Å². The van der Waals surface area contributed by atoms with Gasteiger partial charge in [-0.15, -0.1) is 0 Å². The van der Waals surface area contributed by atoms with E-state index in [-0.39, 0.29) is 1.43 Å². The monoisotopic (exact) mass is 199 g/mol. The van der Waals surface area contributed by atoms with Gasteiger partial charge in [-0.2, -0.15) is 0 Å². The van der Waals surface area contributed by atoms with Crippen LogP contribution in [0.5, 0.6) is 5.75 Å². The minimum absolute atomic E-state index is 0. The molecule has 2 aromatic rings. The van der Waals surface area contributed by atoms with E-state index >= 15 is 0 Å². The molecule has 0 radical (unpaired) electrons. The lowest BCUT2D eigenvalue weighted by molar-refractivity contribution is 0.475. The molecule has 2 rings (SSSR count). The highest BCUT2D eigenvalue weighted by Gasteiger charge is 1.95. The van der Waals surface area contributed by atoms with Gasteiger partial charge in [-0.1, -0.05) is 42.5 Å². The molecule has 0 aliphatic heterocycles. The summed E-state index contributed by atoms with van der Waals surface area (Å²) in [5, 5.41) is 9.14. The molecule has 0 aromatic heterocycles. The van der Waals surface area contributed by atoms with Crippen LogP contribution in [0.1, 0.15) is 12.6 Å². The second kappa shape index (κ2) is 4.65. The van der Waals surface area contributed by atoms with E-state index in [4.69, 9.17) is 5.11 Å². The van der Waals surface area contributed by atoms with E-state index in [2.05, 4.69) is 24.3 Å². The number of aromatic hydroxyl groups is 1. The molecule has 0 spiro atoms. The first-order valence-electron chi connectivity index (χ1n) is 5.16. The standard InChI is InChI=1S/C14H14O/c15-14-10-8-13(9-11-14)7-6-12-4-2-1-3-5-12/h1-5,8-11,15H,6-7H2/p+1. The van der Waals surface area contributed by atoms with Crippen LogP contribution in [0, 0.1) is 0 Å². The predicted octanol–water partition coefficient (Wildman–Crippen LogP) is 3.29. The first kappa shape index (κ1) is 9.78. The van der Waals surface area contributed by atoms with E-state index in [1.165, 1.54) is 11.1 Å². The van der Waals surface area contributed by atoms with Gasteiger partial charge in [0.15, 0.2) is 0 Å². The second-order valence-electron chi connectivity index (χ2n) is 3.65. The maximum atomic E-state index is 9.14. The fourth-order valence-electron chi connectivity index (χ4n) is 1.60. The minimum Gasteiger partial charge on any atom is -0.508 e. The normalized spacial score (nSPS) is 10.1. The Bertz CT molecular complexity index is 409. The van der Waals surface area contributed by atoms with Gasteiger partial charge in [-0.05, 0) is 36.1 Å². The molecule has 0 bridgehead atoms. The molecule has 0 aliphatic rings. The highest BCUT2D eigenvalue weighted by molar-refractivity contribution is 5.27. The van der Waals surface area contributed by atoms with Crippen LogP contribution in [0.15, 0.2) is 54.6 Å². The van der Waals surface area contributed by atoms with E-state index in [1.807, 2.05) is 18.2 Å². The van der Waals surface area contributed by atoms with Crippen molar-refractivity contribution in [2.45, 2.75) is 12.8 Å². The van der Waals surface area contributed by atoms with Crippen molar-refractivity contribution in [3.63, 3.8) is 0 Å². The average molecular weight is 199 g/mol. The third-order valence-corrected chi connectivity index (χ3v) is 2.48. The molecule has 0 amide bonds. The number of phenolic OH excluding ortho intramolecular Hbond substituents is 1. The van der Waals surface area contributed by atoms with Crippen LogP contribution in [0.25, 0.3) is 0 Å². The van der Waals surface area contributed by atoms with Gasteiger partial charge in [0.1, 0.15) is 5.75 Å². The first-order chi connectivity index (χ1) is 7.34. The van der Waals surface area contributed by atoms with Crippen LogP contribution in [-0.2, 0) is 12.8 Å². The van der Waals surface area contributed by atoms with E-state index < -0.39 is 0 Å². The van der Waals surface area contributed by atoms with Crippen molar-refractivity contribution in [1.82, 2.24) is 0 Å². The van der Waals surface area contributed by atoms with Crippen LogP contribution in [0.2, 0.25) is 0 Å². The number of hydrogen-bond acceptors (Lipinski definition) is 1. The van der Waals surface area contributed by atoms with Gasteiger partial charge in [0.05, 0.1) is 0 Å². The summed E-state index contributed by atoms with van der Waals surface area (Å²) in [5.41, 5.74) is 2.61. The molecule has 76 valence electrons. The number of benzene rings is 2. The quantitative estimate of drug-likeness (QED) is 0.804. The van der Waals surface area contributed by atoms with Crippen LogP contribution in [0.3, 0.4) is 0 Å². The van der Waals surface area contributed by atoms with Crippen molar-refractivity contribution >= 4 is 0 Å². The molecule has 1 N–H and O–H groups in total. The SMILES string of the molecule is Oc1ccc(CCc2ccccc2)cc1.[H+].